The van der Waals surface area contributed by atoms with Crippen LogP contribution in [0, 0.1) is 0 Å². The molecule has 0 bridgehead atoms. The lowest BCUT2D eigenvalue weighted by atomic mass is 9.76. The van der Waals surface area contributed by atoms with Crippen LogP contribution in [0.5, 0.6) is 11.5 Å². The summed E-state index contributed by atoms with van der Waals surface area (Å²) in [7, 11) is 0. The van der Waals surface area contributed by atoms with Crippen LogP contribution in [0.25, 0.3) is 0 Å². The molecule has 64 heavy (non-hydrogen) atoms. The Hall–Kier alpha value is -2.29. The van der Waals surface area contributed by atoms with Gasteiger partial charge >= 0.3 is 0 Å². The van der Waals surface area contributed by atoms with Crippen molar-refractivity contribution in [1.29, 1.82) is 0 Å². The summed E-state index contributed by atoms with van der Waals surface area (Å²) in [6, 6.07) is 0. The van der Waals surface area contributed by atoms with Crippen molar-refractivity contribution in [2.24, 2.45) is 0 Å². The van der Waals surface area contributed by atoms with Crippen molar-refractivity contribution >= 4 is 5.78 Å². The standard InChI is InChI=1S/C61H106O3/c1-9-17-25-33-41-49-53(45-37-29-21-13-5)59(62)54(46-38-30-22-14-6)50(42-34-26-18-10-2)57(49)61(64)58-51(43-35-27-19-11-3)55(47-39-31-23-15-7)60(63)56(48-40-32-24-16-8)52(58)44-36-28-20-12-4/h62-63H,9-48H2,1-8H3. The summed E-state index contributed by atoms with van der Waals surface area (Å²) in [4.78, 5) is 16.9. The third-order valence-electron chi connectivity index (χ3n) is 14.5. The SMILES string of the molecule is CCCCCCc1c(O)c(CCCCCC)c(CCCCCC)c(C(=O)c2c(CCCCCC)c(CCCCCC)c(O)c(CCCCCC)c2CCCCCC)c1CCCCCC. The van der Waals surface area contributed by atoms with Crippen molar-refractivity contribution < 1.29 is 15.0 Å². The molecule has 0 aliphatic rings. The summed E-state index contributed by atoms with van der Waals surface area (Å²) in [5, 5.41) is 25.5. The van der Waals surface area contributed by atoms with E-state index in [1.54, 1.807) is 0 Å². The second-order valence-corrected chi connectivity index (χ2v) is 20.1. The van der Waals surface area contributed by atoms with Crippen molar-refractivity contribution in [3.63, 3.8) is 0 Å². The Kier molecular flexibility index (Phi) is 33.2. The van der Waals surface area contributed by atoms with E-state index in [9.17, 15) is 10.2 Å². The Morgan fingerprint density at radius 2 is 0.406 bits per heavy atom. The Bertz CT molecular complexity index is 1310. The van der Waals surface area contributed by atoms with Gasteiger partial charge in [0.25, 0.3) is 0 Å². The summed E-state index contributed by atoms with van der Waals surface area (Å²) < 4.78 is 0. The zero-order valence-electron chi connectivity index (χ0n) is 44.1. The van der Waals surface area contributed by atoms with E-state index in [4.69, 9.17) is 0 Å². The lowest BCUT2D eigenvalue weighted by Crippen LogP contribution is -2.21. The summed E-state index contributed by atoms with van der Waals surface area (Å²) in [5.74, 6) is 1.33. The molecule has 0 heterocycles. The van der Waals surface area contributed by atoms with Gasteiger partial charge in [-0.1, -0.05) is 209 Å². The summed E-state index contributed by atoms with van der Waals surface area (Å²) in [5.41, 5.74) is 11.1. The Labute approximate surface area is 398 Å². The molecule has 0 aliphatic heterocycles. The van der Waals surface area contributed by atoms with E-state index in [1.165, 1.54) is 125 Å². The molecule has 2 aromatic carbocycles. The molecule has 0 radical (unpaired) electrons. The molecule has 3 nitrogen and oxygen atoms in total. The van der Waals surface area contributed by atoms with Gasteiger partial charge in [0, 0.05) is 11.1 Å². The van der Waals surface area contributed by atoms with E-state index in [2.05, 4.69) is 55.4 Å². The highest BCUT2D eigenvalue weighted by atomic mass is 16.3. The number of aromatic hydroxyl groups is 2. The van der Waals surface area contributed by atoms with Gasteiger partial charge in [-0.2, -0.15) is 0 Å². The molecule has 0 saturated carbocycles. The minimum atomic E-state index is 0.251. The topological polar surface area (TPSA) is 57.5 Å². The lowest BCUT2D eigenvalue weighted by molar-refractivity contribution is 0.103. The largest absolute Gasteiger partial charge is 0.507 e. The molecule has 0 amide bonds. The monoisotopic (exact) mass is 887 g/mol. The Morgan fingerprint density at radius 1 is 0.250 bits per heavy atom. The van der Waals surface area contributed by atoms with Gasteiger partial charge in [-0.15, -0.1) is 0 Å². The first kappa shape index (κ1) is 57.8. The van der Waals surface area contributed by atoms with Crippen LogP contribution in [-0.4, -0.2) is 16.0 Å². The van der Waals surface area contributed by atoms with Crippen LogP contribution in [0.4, 0.5) is 0 Å². The second kappa shape index (κ2) is 36.8. The number of hydrogen-bond donors (Lipinski definition) is 2. The first-order chi connectivity index (χ1) is 31.3. The lowest BCUT2D eigenvalue weighted by Gasteiger charge is -2.28. The quantitative estimate of drug-likeness (QED) is 0.0516. The van der Waals surface area contributed by atoms with Crippen LogP contribution in [0.3, 0.4) is 0 Å². The molecule has 368 valence electrons. The highest BCUT2D eigenvalue weighted by Crippen LogP contribution is 2.43. The molecule has 0 aliphatic carbocycles. The molecule has 0 saturated heterocycles. The minimum absolute atomic E-state index is 0.251. The first-order valence-electron chi connectivity index (χ1n) is 28.6. The average Bonchev–Trinajstić information content (AvgIpc) is 3.29. The number of benzene rings is 2. The normalized spacial score (nSPS) is 11.6. The van der Waals surface area contributed by atoms with Crippen LogP contribution in [0.15, 0.2) is 0 Å². The molecule has 2 rings (SSSR count). The third-order valence-corrected chi connectivity index (χ3v) is 14.5. The molecule has 2 N–H and O–H groups in total. The summed E-state index contributed by atoms with van der Waals surface area (Å²) in [6.07, 6.45) is 43.6. The fourth-order valence-electron chi connectivity index (χ4n) is 10.6. The van der Waals surface area contributed by atoms with Crippen LogP contribution < -0.4 is 0 Å². The van der Waals surface area contributed by atoms with Gasteiger partial charge in [-0.25, -0.2) is 0 Å². The van der Waals surface area contributed by atoms with Gasteiger partial charge in [-0.3, -0.25) is 4.79 Å². The van der Waals surface area contributed by atoms with Crippen molar-refractivity contribution in [2.75, 3.05) is 0 Å². The maximum Gasteiger partial charge on any atom is 0.194 e. The van der Waals surface area contributed by atoms with Crippen molar-refractivity contribution in [2.45, 2.75) is 312 Å². The molecular weight excluding hydrogens is 781 g/mol. The van der Waals surface area contributed by atoms with E-state index < -0.39 is 0 Å². The maximum atomic E-state index is 16.9. The maximum absolute atomic E-state index is 16.9. The highest BCUT2D eigenvalue weighted by molar-refractivity contribution is 6.14. The van der Waals surface area contributed by atoms with Crippen LogP contribution in [-0.2, 0) is 51.4 Å². The number of carbonyl (C=O) groups is 1. The zero-order valence-corrected chi connectivity index (χ0v) is 44.1. The second-order valence-electron chi connectivity index (χ2n) is 20.1. The fourth-order valence-corrected chi connectivity index (χ4v) is 10.6. The van der Waals surface area contributed by atoms with Crippen molar-refractivity contribution in [3.8, 4) is 11.5 Å². The molecule has 0 atom stereocenters. The number of unbranched alkanes of at least 4 members (excludes halogenated alkanes) is 24. The smallest absolute Gasteiger partial charge is 0.194 e. The van der Waals surface area contributed by atoms with E-state index >= 15 is 4.79 Å². The number of rotatable bonds is 42. The van der Waals surface area contributed by atoms with E-state index in [-0.39, 0.29) is 5.78 Å². The first-order valence-corrected chi connectivity index (χ1v) is 28.6. The third kappa shape index (κ3) is 19.9. The van der Waals surface area contributed by atoms with Gasteiger partial charge in [0.05, 0.1) is 0 Å². The van der Waals surface area contributed by atoms with Gasteiger partial charge in [-0.05, 0) is 147 Å². The van der Waals surface area contributed by atoms with E-state index in [0.717, 1.165) is 187 Å². The van der Waals surface area contributed by atoms with Crippen LogP contribution in [0.2, 0.25) is 0 Å². The average molecular weight is 888 g/mol. The zero-order chi connectivity index (χ0) is 46.8. The van der Waals surface area contributed by atoms with Crippen LogP contribution >= 0.6 is 0 Å². The number of phenolic OH excluding ortho intramolecular Hbond substituents is 2. The molecule has 3 heteroatoms. The van der Waals surface area contributed by atoms with Gasteiger partial charge < -0.3 is 10.2 Å². The van der Waals surface area contributed by atoms with Crippen LogP contribution in [0.1, 0.15) is 321 Å². The Balaban J connectivity index is 3.30. The number of ketones is 1. The summed E-state index contributed by atoms with van der Waals surface area (Å²) in [6.45, 7) is 18.3. The molecule has 2 aromatic rings. The fraction of sp³-hybridized carbons (Fsp3) is 0.787. The number of hydrogen-bond acceptors (Lipinski definition) is 3. The van der Waals surface area contributed by atoms with Crippen molar-refractivity contribution in [1.82, 2.24) is 0 Å². The predicted molar refractivity (Wildman–Crippen MR) is 282 cm³/mol. The van der Waals surface area contributed by atoms with Crippen molar-refractivity contribution in [3.05, 3.63) is 55.6 Å². The number of carbonyl (C=O) groups excluding carboxylic acids is 1. The molecular formula is C61H106O3. The highest BCUT2D eigenvalue weighted by Gasteiger charge is 2.33. The van der Waals surface area contributed by atoms with E-state index in [1.807, 2.05) is 0 Å². The van der Waals surface area contributed by atoms with Gasteiger partial charge in [0.1, 0.15) is 11.5 Å². The molecule has 0 spiro atoms. The molecule has 0 aromatic heterocycles. The van der Waals surface area contributed by atoms with Gasteiger partial charge in [0.15, 0.2) is 5.78 Å². The summed E-state index contributed by atoms with van der Waals surface area (Å²) >= 11 is 0. The Morgan fingerprint density at radius 3 is 0.562 bits per heavy atom. The molecule has 0 fully saturated rings. The van der Waals surface area contributed by atoms with E-state index in [0.29, 0.717) is 11.5 Å². The predicted octanol–water partition coefficient (Wildman–Crippen LogP) is 19.3. The van der Waals surface area contributed by atoms with Gasteiger partial charge in [0.2, 0.25) is 0 Å². The minimum Gasteiger partial charge on any atom is -0.507 e. The number of phenols is 2. The molecule has 0 unspecified atom stereocenters.